The van der Waals surface area contributed by atoms with E-state index < -0.39 is 6.09 Å². The van der Waals surface area contributed by atoms with Crippen LogP contribution in [-0.2, 0) is 14.2 Å². The molecule has 5 heteroatoms. The minimum Gasteiger partial charge on any atom is -0.449 e. The summed E-state index contributed by atoms with van der Waals surface area (Å²) in [4.78, 5) is 12.2. The first-order chi connectivity index (χ1) is 15.8. The zero-order chi connectivity index (χ0) is 21.8. The molecule has 0 atom stereocenters. The van der Waals surface area contributed by atoms with Crippen molar-refractivity contribution in [2.75, 3.05) is 26.4 Å². The predicted octanol–water partition coefficient (Wildman–Crippen LogP) is 4.62. The molecule has 5 rings (SSSR count). The molecule has 3 aromatic carbocycles. The van der Waals surface area contributed by atoms with Gasteiger partial charge in [-0.1, -0.05) is 72.5 Å². The fourth-order valence-electron chi connectivity index (χ4n) is 4.19. The minimum absolute atomic E-state index is 0.0468. The second kappa shape index (κ2) is 9.27. The molecule has 2 aliphatic rings. The number of nitrogens with one attached hydrogen (secondary N) is 1. The third-order valence-electron chi connectivity index (χ3n) is 5.70. The number of carbonyl (C=O) groups excluding carboxylic acids is 1. The first kappa shape index (κ1) is 20.3. The van der Waals surface area contributed by atoms with Crippen molar-refractivity contribution in [1.82, 2.24) is 5.32 Å². The SMILES string of the molecule is O=C(NCC#Cc1ccc(C2OCCO2)cc1)OCC1c2ccccc2-c2ccccc21. The number of hydrogen-bond donors (Lipinski definition) is 1. The van der Waals surface area contributed by atoms with Crippen LogP contribution in [0.5, 0.6) is 0 Å². The van der Waals surface area contributed by atoms with Crippen LogP contribution in [0.4, 0.5) is 4.79 Å². The summed E-state index contributed by atoms with van der Waals surface area (Å²) in [6.45, 7) is 1.74. The van der Waals surface area contributed by atoms with Crippen LogP contribution in [-0.4, -0.2) is 32.5 Å². The average Bonchev–Trinajstić information content (AvgIpc) is 3.48. The third kappa shape index (κ3) is 4.24. The Labute approximate surface area is 187 Å². The van der Waals surface area contributed by atoms with Crippen molar-refractivity contribution in [3.05, 3.63) is 95.1 Å². The van der Waals surface area contributed by atoms with E-state index in [0.29, 0.717) is 19.8 Å². The van der Waals surface area contributed by atoms with Crippen LogP contribution in [0.2, 0.25) is 0 Å². The van der Waals surface area contributed by atoms with Crippen molar-refractivity contribution in [3.63, 3.8) is 0 Å². The second-order valence-corrected chi connectivity index (χ2v) is 7.68. The van der Waals surface area contributed by atoms with Crippen LogP contribution in [0.15, 0.2) is 72.8 Å². The quantitative estimate of drug-likeness (QED) is 0.620. The van der Waals surface area contributed by atoms with Crippen LogP contribution in [0.1, 0.15) is 34.5 Å². The lowest BCUT2D eigenvalue weighted by Gasteiger charge is -2.14. The summed E-state index contributed by atoms with van der Waals surface area (Å²) in [5.41, 5.74) is 6.64. The standard InChI is InChI=1S/C27H23NO4/c29-27(28-15-5-6-19-11-13-20(14-12-19)26-30-16-17-31-26)32-18-25-23-9-3-1-7-21(23)22-8-2-4-10-24(22)25/h1-4,7-14,25-26H,15-18H2,(H,28,29). The molecule has 1 aliphatic heterocycles. The molecule has 160 valence electrons. The number of alkyl carbamates (subject to hydrolysis) is 1. The molecule has 1 aliphatic carbocycles. The van der Waals surface area contributed by atoms with Crippen molar-refractivity contribution < 1.29 is 19.0 Å². The van der Waals surface area contributed by atoms with E-state index in [1.807, 2.05) is 48.5 Å². The minimum atomic E-state index is -0.466. The Morgan fingerprint density at radius 2 is 1.53 bits per heavy atom. The van der Waals surface area contributed by atoms with Gasteiger partial charge in [-0.3, -0.25) is 0 Å². The monoisotopic (exact) mass is 425 g/mol. The fraction of sp³-hybridized carbons (Fsp3) is 0.222. The molecule has 5 nitrogen and oxygen atoms in total. The largest absolute Gasteiger partial charge is 0.449 e. The Balaban J connectivity index is 1.13. The summed E-state index contributed by atoms with van der Waals surface area (Å²) in [6, 6.07) is 24.3. The van der Waals surface area contributed by atoms with Crippen LogP contribution in [0, 0.1) is 11.8 Å². The van der Waals surface area contributed by atoms with Gasteiger partial charge in [-0.05, 0) is 34.4 Å². The van der Waals surface area contributed by atoms with Crippen LogP contribution in [0.25, 0.3) is 11.1 Å². The number of carbonyl (C=O) groups is 1. The summed E-state index contributed by atoms with van der Waals surface area (Å²) in [6.07, 6.45) is -0.751. The zero-order valence-corrected chi connectivity index (χ0v) is 17.5. The molecule has 0 spiro atoms. The highest BCUT2D eigenvalue weighted by atomic mass is 16.7. The van der Waals surface area contributed by atoms with Gasteiger partial charge in [0.2, 0.25) is 0 Å². The van der Waals surface area contributed by atoms with Gasteiger partial charge in [-0.25, -0.2) is 4.79 Å². The van der Waals surface area contributed by atoms with Crippen molar-refractivity contribution >= 4 is 6.09 Å². The molecule has 0 bridgehead atoms. The lowest BCUT2D eigenvalue weighted by Crippen LogP contribution is -2.26. The maximum atomic E-state index is 12.2. The van der Waals surface area contributed by atoms with Gasteiger partial charge in [-0.15, -0.1) is 0 Å². The normalized spacial score (nSPS) is 14.9. The Bertz CT molecular complexity index is 1120. The number of benzene rings is 3. The maximum Gasteiger partial charge on any atom is 0.407 e. The van der Waals surface area contributed by atoms with Crippen molar-refractivity contribution in [3.8, 4) is 23.0 Å². The Kier molecular flexibility index (Phi) is 5.89. The number of rotatable bonds is 4. The Morgan fingerprint density at radius 3 is 2.19 bits per heavy atom. The topological polar surface area (TPSA) is 56.8 Å². The van der Waals surface area contributed by atoms with Crippen molar-refractivity contribution in [2.24, 2.45) is 0 Å². The summed E-state index contributed by atoms with van der Waals surface area (Å²) in [5.74, 6) is 6.04. The number of amides is 1. The Hall–Kier alpha value is -3.59. The van der Waals surface area contributed by atoms with Crippen LogP contribution < -0.4 is 5.32 Å². The first-order valence-electron chi connectivity index (χ1n) is 10.7. The first-order valence-corrected chi connectivity index (χ1v) is 10.7. The Morgan fingerprint density at radius 1 is 0.906 bits per heavy atom. The second-order valence-electron chi connectivity index (χ2n) is 7.68. The third-order valence-corrected chi connectivity index (χ3v) is 5.70. The zero-order valence-electron chi connectivity index (χ0n) is 17.5. The molecular weight excluding hydrogens is 402 g/mol. The molecule has 1 saturated heterocycles. The number of fused-ring (bicyclic) bond motifs is 3. The summed E-state index contributed by atoms with van der Waals surface area (Å²) in [7, 11) is 0. The van der Waals surface area contributed by atoms with Crippen molar-refractivity contribution in [1.29, 1.82) is 0 Å². The van der Waals surface area contributed by atoms with Gasteiger partial charge in [0.25, 0.3) is 0 Å². The van der Waals surface area contributed by atoms with E-state index >= 15 is 0 Å². The van der Waals surface area contributed by atoms with Gasteiger partial charge in [0.15, 0.2) is 6.29 Å². The van der Waals surface area contributed by atoms with E-state index in [9.17, 15) is 4.79 Å². The molecule has 0 unspecified atom stereocenters. The van der Waals surface area contributed by atoms with Gasteiger partial charge in [-0.2, -0.15) is 0 Å². The maximum absolute atomic E-state index is 12.2. The molecule has 3 aromatic rings. The highest BCUT2D eigenvalue weighted by molar-refractivity contribution is 5.79. The summed E-state index contributed by atoms with van der Waals surface area (Å²) >= 11 is 0. The molecule has 32 heavy (non-hydrogen) atoms. The van der Waals surface area contributed by atoms with E-state index in [-0.39, 0.29) is 18.8 Å². The average molecular weight is 425 g/mol. The number of ether oxygens (including phenoxy) is 3. The van der Waals surface area contributed by atoms with E-state index in [4.69, 9.17) is 14.2 Å². The summed E-state index contributed by atoms with van der Waals surface area (Å²) in [5, 5.41) is 2.71. The molecule has 0 aromatic heterocycles. The highest BCUT2D eigenvalue weighted by Crippen LogP contribution is 2.44. The van der Waals surface area contributed by atoms with E-state index in [1.54, 1.807) is 0 Å². The van der Waals surface area contributed by atoms with Gasteiger partial charge in [0.05, 0.1) is 19.8 Å². The van der Waals surface area contributed by atoms with Gasteiger partial charge in [0.1, 0.15) is 6.61 Å². The molecular formula is C27H23NO4. The lowest BCUT2D eigenvalue weighted by atomic mass is 9.98. The van der Waals surface area contributed by atoms with E-state index in [1.165, 1.54) is 22.3 Å². The van der Waals surface area contributed by atoms with Crippen LogP contribution >= 0.6 is 0 Å². The van der Waals surface area contributed by atoms with Crippen molar-refractivity contribution in [2.45, 2.75) is 12.2 Å². The van der Waals surface area contributed by atoms with E-state index in [0.717, 1.165) is 11.1 Å². The van der Waals surface area contributed by atoms with Gasteiger partial charge in [0, 0.05) is 17.0 Å². The molecule has 0 saturated carbocycles. The van der Waals surface area contributed by atoms with Gasteiger partial charge < -0.3 is 19.5 Å². The molecule has 0 radical (unpaired) electrons. The van der Waals surface area contributed by atoms with E-state index in [2.05, 4.69) is 41.4 Å². The predicted molar refractivity (Wildman–Crippen MR) is 121 cm³/mol. The highest BCUT2D eigenvalue weighted by Gasteiger charge is 2.28. The molecule has 1 fully saturated rings. The summed E-state index contributed by atoms with van der Waals surface area (Å²) < 4.78 is 16.5. The molecule has 1 heterocycles. The number of hydrogen-bond acceptors (Lipinski definition) is 4. The fourth-order valence-corrected chi connectivity index (χ4v) is 4.19. The smallest absolute Gasteiger partial charge is 0.407 e. The van der Waals surface area contributed by atoms with Gasteiger partial charge >= 0.3 is 6.09 Å². The van der Waals surface area contributed by atoms with Crippen LogP contribution in [0.3, 0.4) is 0 Å². The molecule has 1 N–H and O–H groups in total. The lowest BCUT2D eigenvalue weighted by molar-refractivity contribution is -0.0441. The molecule has 1 amide bonds.